The van der Waals surface area contributed by atoms with Crippen molar-refractivity contribution >= 4 is 11.8 Å². The number of hydrogen-bond acceptors (Lipinski definition) is 4. The summed E-state index contributed by atoms with van der Waals surface area (Å²) >= 11 is 0. The van der Waals surface area contributed by atoms with Crippen molar-refractivity contribution in [1.29, 1.82) is 0 Å². The number of benzene rings is 2. The normalized spacial score (nSPS) is 15.1. The first-order valence-corrected chi connectivity index (χ1v) is 9.78. The minimum atomic E-state index is -0.929. The molecule has 0 aliphatic carbocycles. The molecule has 1 fully saturated rings. The molecule has 2 aromatic carbocycles. The van der Waals surface area contributed by atoms with Gasteiger partial charge in [-0.15, -0.1) is 0 Å². The Balaban J connectivity index is 1.51. The van der Waals surface area contributed by atoms with Gasteiger partial charge in [0.2, 0.25) is 5.91 Å². The number of carbonyl (C=O) groups is 2. The van der Waals surface area contributed by atoms with E-state index in [4.69, 9.17) is 10.5 Å². The molecule has 30 heavy (non-hydrogen) atoms. The third kappa shape index (κ3) is 5.13. The molecule has 2 aromatic rings. The van der Waals surface area contributed by atoms with Crippen LogP contribution >= 0.6 is 0 Å². The molecular formula is C22H25F2N3O3. The largest absolute Gasteiger partial charge is 0.496 e. The van der Waals surface area contributed by atoms with Gasteiger partial charge in [-0.25, -0.2) is 8.78 Å². The van der Waals surface area contributed by atoms with Crippen molar-refractivity contribution in [2.75, 3.05) is 33.3 Å². The third-order valence-corrected chi connectivity index (χ3v) is 5.18. The maximum atomic E-state index is 13.3. The van der Waals surface area contributed by atoms with Crippen molar-refractivity contribution < 1.29 is 23.1 Å². The second kappa shape index (κ2) is 9.67. The number of para-hydroxylation sites is 1. The van der Waals surface area contributed by atoms with E-state index in [2.05, 4.69) is 0 Å². The van der Waals surface area contributed by atoms with Crippen LogP contribution in [0.25, 0.3) is 0 Å². The summed E-state index contributed by atoms with van der Waals surface area (Å²) in [6.45, 7) is 1.66. The number of nitrogens with two attached hydrogens (primary N) is 1. The summed E-state index contributed by atoms with van der Waals surface area (Å²) in [5.74, 6) is -1.57. The van der Waals surface area contributed by atoms with Crippen LogP contribution in [-0.2, 0) is 11.2 Å². The number of rotatable bonds is 6. The van der Waals surface area contributed by atoms with Crippen LogP contribution in [0.5, 0.6) is 5.75 Å². The third-order valence-electron chi connectivity index (χ3n) is 5.18. The summed E-state index contributed by atoms with van der Waals surface area (Å²) in [5, 5.41) is 0. The Bertz CT molecular complexity index is 914. The zero-order chi connectivity index (χ0) is 21.7. The lowest BCUT2D eigenvalue weighted by Crippen LogP contribution is -2.51. The predicted molar refractivity (Wildman–Crippen MR) is 108 cm³/mol. The van der Waals surface area contributed by atoms with Gasteiger partial charge in [0.05, 0.1) is 12.7 Å². The monoisotopic (exact) mass is 417 g/mol. The molecule has 2 N–H and O–H groups in total. The molecule has 1 heterocycles. The molecule has 0 bridgehead atoms. The van der Waals surface area contributed by atoms with E-state index < -0.39 is 17.7 Å². The highest BCUT2D eigenvalue weighted by Gasteiger charge is 2.27. The highest BCUT2D eigenvalue weighted by Crippen LogP contribution is 2.20. The van der Waals surface area contributed by atoms with E-state index in [1.807, 2.05) is 0 Å². The first-order chi connectivity index (χ1) is 14.4. The maximum absolute atomic E-state index is 13.3. The minimum absolute atomic E-state index is 0.0967. The van der Waals surface area contributed by atoms with Crippen molar-refractivity contribution in [1.82, 2.24) is 9.80 Å². The Morgan fingerprint density at radius 3 is 2.37 bits per heavy atom. The average molecular weight is 417 g/mol. The van der Waals surface area contributed by atoms with Crippen molar-refractivity contribution in [3.8, 4) is 5.75 Å². The molecule has 0 saturated carbocycles. The highest BCUT2D eigenvalue weighted by molar-refractivity contribution is 5.97. The molecule has 160 valence electrons. The van der Waals surface area contributed by atoms with Gasteiger partial charge in [0.15, 0.2) is 11.6 Å². The molecule has 6 nitrogen and oxygen atoms in total. The minimum Gasteiger partial charge on any atom is -0.496 e. The summed E-state index contributed by atoms with van der Waals surface area (Å²) < 4.78 is 31.6. The fourth-order valence-electron chi connectivity index (χ4n) is 3.55. The highest BCUT2D eigenvalue weighted by atomic mass is 19.2. The van der Waals surface area contributed by atoms with Crippen LogP contribution in [0.2, 0.25) is 0 Å². The molecule has 0 spiro atoms. The Hall–Kier alpha value is -3.00. The predicted octanol–water partition coefficient (Wildman–Crippen LogP) is 2.22. The van der Waals surface area contributed by atoms with Crippen molar-refractivity contribution in [2.45, 2.75) is 18.9 Å². The number of amides is 2. The summed E-state index contributed by atoms with van der Waals surface area (Å²) in [7, 11) is 1.52. The van der Waals surface area contributed by atoms with E-state index in [-0.39, 0.29) is 24.7 Å². The van der Waals surface area contributed by atoms with Gasteiger partial charge in [0.25, 0.3) is 5.91 Å². The van der Waals surface area contributed by atoms with E-state index >= 15 is 0 Å². The van der Waals surface area contributed by atoms with E-state index in [1.165, 1.54) is 13.2 Å². The van der Waals surface area contributed by atoms with Gasteiger partial charge in [-0.3, -0.25) is 9.59 Å². The molecule has 3 rings (SSSR count). The van der Waals surface area contributed by atoms with Crippen LogP contribution in [0.1, 0.15) is 22.3 Å². The first-order valence-electron chi connectivity index (χ1n) is 9.78. The molecule has 1 aliphatic rings. The van der Waals surface area contributed by atoms with E-state index in [1.54, 1.807) is 34.1 Å². The fourth-order valence-corrected chi connectivity index (χ4v) is 3.55. The van der Waals surface area contributed by atoms with E-state index in [0.29, 0.717) is 43.1 Å². The molecule has 8 heteroatoms. The van der Waals surface area contributed by atoms with Crippen LogP contribution in [0, 0.1) is 11.6 Å². The lowest BCUT2D eigenvalue weighted by molar-refractivity contribution is -0.133. The van der Waals surface area contributed by atoms with E-state index in [0.717, 1.165) is 12.1 Å². The van der Waals surface area contributed by atoms with E-state index in [9.17, 15) is 18.4 Å². The van der Waals surface area contributed by atoms with Crippen molar-refractivity contribution in [2.24, 2.45) is 5.73 Å². The Morgan fingerprint density at radius 2 is 1.70 bits per heavy atom. The Morgan fingerprint density at radius 1 is 1.03 bits per heavy atom. The zero-order valence-corrected chi connectivity index (χ0v) is 16.8. The van der Waals surface area contributed by atoms with Gasteiger partial charge in [-0.05, 0) is 36.2 Å². The summed E-state index contributed by atoms with van der Waals surface area (Å²) in [5.41, 5.74) is 7.08. The van der Waals surface area contributed by atoms with Gasteiger partial charge in [-0.2, -0.15) is 0 Å². The quantitative estimate of drug-likeness (QED) is 0.782. The number of piperazine rings is 1. The summed E-state index contributed by atoms with van der Waals surface area (Å²) in [4.78, 5) is 28.7. The van der Waals surface area contributed by atoms with Gasteiger partial charge in [0, 0.05) is 38.6 Å². The first kappa shape index (κ1) is 21.7. The van der Waals surface area contributed by atoms with Gasteiger partial charge in [-0.1, -0.05) is 18.2 Å². The van der Waals surface area contributed by atoms with Gasteiger partial charge >= 0.3 is 0 Å². The van der Waals surface area contributed by atoms with Crippen LogP contribution < -0.4 is 10.5 Å². The summed E-state index contributed by atoms with van der Waals surface area (Å²) in [6, 6.07) is 10.1. The van der Waals surface area contributed by atoms with Crippen molar-refractivity contribution in [3.63, 3.8) is 0 Å². The second-order valence-corrected chi connectivity index (χ2v) is 7.29. The molecule has 2 amide bonds. The topological polar surface area (TPSA) is 75.9 Å². The number of carbonyl (C=O) groups excluding carboxylic acids is 2. The fraction of sp³-hybridized carbons (Fsp3) is 0.364. The SMILES string of the molecule is COc1ccccc1C(=O)N1CCN(C(=O)C[C@H](N)Cc2ccc(F)c(F)c2)CC1. The van der Waals surface area contributed by atoms with Gasteiger partial charge < -0.3 is 20.3 Å². The molecule has 0 aromatic heterocycles. The molecule has 0 unspecified atom stereocenters. The number of hydrogen-bond donors (Lipinski definition) is 1. The lowest BCUT2D eigenvalue weighted by atomic mass is 10.0. The molecule has 1 atom stereocenters. The molecule has 1 aliphatic heterocycles. The standard InChI is InChI=1S/C22H25F2N3O3/c1-30-20-5-3-2-4-17(20)22(29)27-10-8-26(9-11-27)21(28)14-16(25)12-15-6-7-18(23)19(24)13-15/h2-7,13,16H,8-12,14,25H2,1H3/t16-/m1/s1. The lowest BCUT2D eigenvalue weighted by Gasteiger charge is -2.35. The molecular weight excluding hydrogens is 392 g/mol. The average Bonchev–Trinajstić information content (AvgIpc) is 2.75. The number of methoxy groups -OCH3 is 1. The van der Waals surface area contributed by atoms with Crippen molar-refractivity contribution in [3.05, 3.63) is 65.2 Å². The number of halogens is 2. The number of ether oxygens (including phenoxy) is 1. The maximum Gasteiger partial charge on any atom is 0.257 e. The number of nitrogens with zero attached hydrogens (tertiary/aromatic N) is 2. The smallest absolute Gasteiger partial charge is 0.257 e. The molecule has 1 saturated heterocycles. The van der Waals surface area contributed by atoms with Crippen LogP contribution in [0.15, 0.2) is 42.5 Å². The molecule has 0 radical (unpaired) electrons. The zero-order valence-electron chi connectivity index (χ0n) is 16.8. The van der Waals surface area contributed by atoms with Gasteiger partial charge in [0.1, 0.15) is 5.75 Å². The summed E-state index contributed by atoms with van der Waals surface area (Å²) in [6.07, 6.45) is 0.370. The van der Waals surface area contributed by atoms with Crippen LogP contribution in [-0.4, -0.2) is 60.9 Å². The van der Waals surface area contributed by atoms with Crippen LogP contribution in [0.3, 0.4) is 0 Å². The Kier molecular flexibility index (Phi) is 6.99. The second-order valence-electron chi connectivity index (χ2n) is 7.29. The Labute approximate surface area is 174 Å². The van der Waals surface area contributed by atoms with Crippen LogP contribution in [0.4, 0.5) is 8.78 Å².